The Bertz CT molecular complexity index is 476. The van der Waals surface area contributed by atoms with Crippen LogP contribution >= 0.6 is 0 Å². The quantitative estimate of drug-likeness (QED) is 0.818. The third-order valence-corrected chi connectivity index (χ3v) is 4.13. The van der Waals surface area contributed by atoms with Crippen molar-refractivity contribution in [2.75, 3.05) is 12.3 Å². The molecule has 106 valence electrons. The minimum Gasteiger partial charge on any atom is -0.398 e. The largest absolute Gasteiger partial charge is 0.398 e. The van der Waals surface area contributed by atoms with Crippen molar-refractivity contribution in [1.29, 1.82) is 0 Å². The topological polar surface area (TPSA) is 55.1 Å². The zero-order valence-corrected chi connectivity index (χ0v) is 12.9. The molecule has 0 aromatic heterocycles. The van der Waals surface area contributed by atoms with E-state index in [1.807, 2.05) is 19.9 Å². The molecule has 1 aromatic rings. The number of amides is 1. The summed E-state index contributed by atoms with van der Waals surface area (Å²) in [6.07, 6.45) is 0. The SMILES string of the molecule is Cc1cc(C)c(C(=O)NCC(C)(C)C(C)C)cc1N. The van der Waals surface area contributed by atoms with Gasteiger partial charge in [-0.2, -0.15) is 0 Å². The third kappa shape index (κ3) is 3.72. The van der Waals surface area contributed by atoms with Crippen molar-refractivity contribution >= 4 is 11.6 Å². The van der Waals surface area contributed by atoms with Crippen molar-refractivity contribution in [2.45, 2.75) is 41.5 Å². The van der Waals surface area contributed by atoms with Crippen molar-refractivity contribution in [3.05, 3.63) is 28.8 Å². The summed E-state index contributed by atoms with van der Waals surface area (Å²) in [5.41, 5.74) is 9.27. The molecule has 3 heteroatoms. The number of nitrogens with two attached hydrogens (primary N) is 1. The molecule has 19 heavy (non-hydrogen) atoms. The van der Waals surface area contributed by atoms with E-state index in [1.165, 1.54) is 0 Å². The molecule has 3 nitrogen and oxygen atoms in total. The predicted octanol–water partition coefficient (Wildman–Crippen LogP) is 3.30. The molecule has 1 rings (SSSR count). The van der Waals surface area contributed by atoms with Crippen LogP contribution in [0.5, 0.6) is 0 Å². The second kappa shape index (κ2) is 5.64. The van der Waals surface area contributed by atoms with E-state index >= 15 is 0 Å². The van der Waals surface area contributed by atoms with Crippen molar-refractivity contribution < 1.29 is 4.79 Å². The molecule has 0 bridgehead atoms. The number of rotatable bonds is 4. The zero-order chi connectivity index (χ0) is 14.8. The van der Waals surface area contributed by atoms with E-state index in [9.17, 15) is 4.79 Å². The number of benzene rings is 1. The Labute approximate surface area is 116 Å². The molecule has 0 spiro atoms. The number of nitrogen functional groups attached to an aromatic ring is 1. The Balaban J connectivity index is 2.83. The molecule has 0 aliphatic heterocycles. The summed E-state index contributed by atoms with van der Waals surface area (Å²) >= 11 is 0. The van der Waals surface area contributed by atoms with Crippen LogP contribution < -0.4 is 11.1 Å². The molecule has 1 aromatic carbocycles. The van der Waals surface area contributed by atoms with Crippen LogP contribution in [0.2, 0.25) is 0 Å². The lowest BCUT2D eigenvalue weighted by Gasteiger charge is -2.29. The number of hydrogen-bond acceptors (Lipinski definition) is 2. The molecule has 0 atom stereocenters. The highest BCUT2D eigenvalue weighted by molar-refractivity contribution is 5.96. The number of hydrogen-bond donors (Lipinski definition) is 2. The molecule has 0 saturated heterocycles. The van der Waals surface area contributed by atoms with Crippen LogP contribution in [-0.4, -0.2) is 12.5 Å². The number of aryl methyl sites for hydroxylation is 2. The predicted molar refractivity (Wildman–Crippen MR) is 81.3 cm³/mol. The Hall–Kier alpha value is -1.51. The van der Waals surface area contributed by atoms with Gasteiger partial charge in [-0.05, 0) is 42.4 Å². The summed E-state index contributed by atoms with van der Waals surface area (Å²) in [6, 6.07) is 3.72. The molecule has 0 heterocycles. The smallest absolute Gasteiger partial charge is 0.251 e. The Morgan fingerprint density at radius 1 is 1.26 bits per heavy atom. The lowest BCUT2D eigenvalue weighted by Crippen LogP contribution is -2.37. The monoisotopic (exact) mass is 262 g/mol. The molecule has 0 aliphatic rings. The number of carbonyl (C=O) groups excluding carboxylic acids is 1. The fraction of sp³-hybridized carbons (Fsp3) is 0.562. The summed E-state index contributed by atoms with van der Waals surface area (Å²) in [4.78, 5) is 12.2. The van der Waals surface area contributed by atoms with E-state index in [0.717, 1.165) is 11.1 Å². The molecular formula is C16H26N2O. The Morgan fingerprint density at radius 3 is 2.37 bits per heavy atom. The first-order valence-corrected chi connectivity index (χ1v) is 6.80. The lowest BCUT2D eigenvalue weighted by molar-refractivity contribution is 0.0924. The maximum Gasteiger partial charge on any atom is 0.251 e. The van der Waals surface area contributed by atoms with Gasteiger partial charge in [-0.3, -0.25) is 4.79 Å². The second-order valence-corrected chi connectivity index (χ2v) is 6.35. The molecule has 1 amide bonds. The van der Waals surface area contributed by atoms with E-state index in [-0.39, 0.29) is 11.3 Å². The highest BCUT2D eigenvalue weighted by Gasteiger charge is 2.23. The van der Waals surface area contributed by atoms with Gasteiger partial charge in [0.25, 0.3) is 5.91 Å². The normalized spacial score (nSPS) is 11.7. The van der Waals surface area contributed by atoms with Crippen molar-refractivity contribution in [3.8, 4) is 0 Å². The molecule has 3 N–H and O–H groups in total. The van der Waals surface area contributed by atoms with E-state index in [4.69, 9.17) is 5.73 Å². The summed E-state index contributed by atoms with van der Waals surface area (Å²) in [6.45, 7) is 13.2. The van der Waals surface area contributed by atoms with Gasteiger partial charge in [-0.25, -0.2) is 0 Å². The van der Waals surface area contributed by atoms with Gasteiger partial charge in [0.15, 0.2) is 0 Å². The molecule has 0 unspecified atom stereocenters. The highest BCUT2D eigenvalue weighted by atomic mass is 16.1. The van der Waals surface area contributed by atoms with Gasteiger partial charge in [-0.1, -0.05) is 33.8 Å². The van der Waals surface area contributed by atoms with Crippen molar-refractivity contribution in [1.82, 2.24) is 5.32 Å². The van der Waals surface area contributed by atoms with Gasteiger partial charge in [0.05, 0.1) is 0 Å². The van der Waals surface area contributed by atoms with Crippen LogP contribution in [0.1, 0.15) is 49.2 Å². The van der Waals surface area contributed by atoms with Crippen LogP contribution in [0.25, 0.3) is 0 Å². The van der Waals surface area contributed by atoms with E-state index in [0.29, 0.717) is 23.7 Å². The first-order chi connectivity index (χ1) is 8.65. The van der Waals surface area contributed by atoms with Gasteiger partial charge >= 0.3 is 0 Å². The Morgan fingerprint density at radius 2 is 1.84 bits per heavy atom. The average molecular weight is 262 g/mol. The fourth-order valence-electron chi connectivity index (χ4n) is 1.72. The van der Waals surface area contributed by atoms with Gasteiger partial charge in [0.1, 0.15) is 0 Å². The number of anilines is 1. The number of nitrogens with one attached hydrogen (secondary N) is 1. The van der Waals surface area contributed by atoms with Crippen molar-refractivity contribution in [3.63, 3.8) is 0 Å². The second-order valence-electron chi connectivity index (χ2n) is 6.35. The minimum atomic E-state index is -0.0436. The zero-order valence-electron chi connectivity index (χ0n) is 12.9. The van der Waals surface area contributed by atoms with Crippen molar-refractivity contribution in [2.24, 2.45) is 11.3 Å². The third-order valence-electron chi connectivity index (χ3n) is 4.13. The van der Waals surface area contributed by atoms with Gasteiger partial charge in [0.2, 0.25) is 0 Å². The molecular weight excluding hydrogens is 236 g/mol. The summed E-state index contributed by atoms with van der Waals surface area (Å²) in [7, 11) is 0. The van der Waals surface area contributed by atoms with Crippen LogP contribution in [0.15, 0.2) is 12.1 Å². The van der Waals surface area contributed by atoms with Gasteiger partial charge in [-0.15, -0.1) is 0 Å². The average Bonchev–Trinajstić information content (AvgIpc) is 2.30. The Kier molecular flexibility index (Phi) is 4.61. The van der Waals surface area contributed by atoms with Gasteiger partial charge in [0, 0.05) is 17.8 Å². The first-order valence-electron chi connectivity index (χ1n) is 6.80. The van der Waals surface area contributed by atoms with E-state index < -0.39 is 0 Å². The van der Waals surface area contributed by atoms with Crippen LogP contribution in [0, 0.1) is 25.2 Å². The lowest BCUT2D eigenvalue weighted by atomic mass is 9.81. The van der Waals surface area contributed by atoms with E-state index in [1.54, 1.807) is 6.07 Å². The minimum absolute atomic E-state index is 0.0436. The van der Waals surface area contributed by atoms with Crippen LogP contribution in [0.4, 0.5) is 5.69 Å². The van der Waals surface area contributed by atoms with Crippen LogP contribution in [0.3, 0.4) is 0 Å². The first kappa shape index (κ1) is 15.5. The fourth-order valence-corrected chi connectivity index (χ4v) is 1.72. The van der Waals surface area contributed by atoms with Crippen LogP contribution in [-0.2, 0) is 0 Å². The standard InChI is InChI=1S/C16H26N2O/c1-10(2)16(5,6)9-18-15(19)13-8-14(17)12(4)7-11(13)3/h7-8,10H,9,17H2,1-6H3,(H,18,19). The highest BCUT2D eigenvalue weighted by Crippen LogP contribution is 2.25. The summed E-state index contributed by atoms with van der Waals surface area (Å²) < 4.78 is 0. The van der Waals surface area contributed by atoms with E-state index in [2.05, 4.69) is 33.0 Å². The molecule has 0 aliphatic carbocycles. The molecule has 0 saturated carbocycles. The maximum atomic E-state index is 12.2. The molecule has 0 radical (unpaired) electrons. The van der Waals surface area contributed by atoms with Gasteiger partial charge < -0.3 is 11.1 Å². The summed E-state index contributed by atoms with van der Waals surface area (Å²) in [5, 5.41) is 3.01. The number of carbonyl (C=O) groups is 1. The molecule has 0 fully saturated rings. The maximum absolute atomic E-state index is 12.2. The summed E-state index contributed by atoms with van der Waals surface area (Å²) in [5.74, 6) is 0.468.